The van der Waals surface area contributed by atoms with Gasteiger partial charge in [-0.05, 0) is 69.3 Å². The predicted octanol–water partition coefficient (Wildman–Crippen LogP) is 5.40. The molecule has 0 spiro atoms. The van der Waals surface area contributed by atoms with E-state index in [1.54, 1.807) is 0 Å². The lowest BCUT2D eigenvalue weighted by atomic mass is 9.80. The van der Waals surface area contributed by atoms with Crippen LogP contribution in [-0.2, 0) is 11.4 Å². The number of hydrogen-bond donors (Lipinski definition) is 2. The Labute approximate surface area is 181 Å². The number of carboxylic acid groups (broad SMARTS) is 1. The Morgan fingerprint density at radius 1 is 0.967 bits per heavy atom. The summed E-state index contributed by atoms with van der Waals surface area (Å²) in [6.07, 6.45) is 1.42. The lowest BCUT2D eigenvalue weighted by Crippen LogP contribution is -2.38. The van der Waals surface area contributed by atoms with Gasteiger partial charge in [0.1, 0.15) is 0 Å². The monoisotopic (exact) mass is 411 g/mol. The highest BCUT2D eigenvalue weighted by Gasteiger charge is 2.27. The van der Waals surface area contributed by atoms with Crippen LogP contribution >= 0.6 is 0 Å². The Morgan fingerprint density at radius 3 is 2.10 bits per heavy atom. The van der Waals surface area contributed by atoms with Gasteiger partial charge in [-0.25, -0.2) is 0 Å². The van der Waals surface area contributed by atoms with Crippen LogP contribution < -0.4 is 0 Å². The minimum absolute atomic E-state index is 0.0528. The fourth-order valence-corrected chi connectivity index (χ4v) is 4.45. The number of benzene rings is 2. The van der Waals surface area contributed by atoms with Crippen molar-refractivity contribution in [3.8, 4) is 0 Å². The highest BCUT2D eigenvalue weighted by atomic mass is 16.4. The highest BCUT2D eigenvalue weighted by Crippen LogP contribution is 2.36. The summed E-state index contributed by atoms with van der Waals surface area (Å²) < 4.78 is 0. The van der Waals surface area contributed by atoms with E-state index in [-0.39, 0.29) is 12.5 Å². The standard InChI is InChI=1S/C26H37NO3/c1-6-22(26(29)30)24-13-12-20(17-28)16-25(24)23(21-10-8-7-9-11-21)14-15-27(18(2)3)19(4)5/h7-13,16,18-19,22-23,28H,6,14-15,17H2,1-5H3,(H,29,30). The number of aliphatic carboxylic acids is 1. The molecule has 2 N–H and O–H groups in total. The van der Waals surface area contributed by atoms with Gasteiger partial charge in [-0.1, -0.05) is 55.5 Å². The first-order chi connectivity index (χ1) is 14.3. The van der Waals surface area contributed by atoms with E-state index in [1.807, 2.05) is 43.3 Å². The molecule has 0 bridgehead atoms. The first-order valence-electron chi connectivity index (χ1n) is 11.1. The Hall–Kier alpha value is -2.17. The quantitative estimate of drug-likeness (QED) is 0.520. The van der Waals surface area contributed by atoms with E-state index in [0.717, 1.165) is 29.7 Å². The van der Waals surface area contributed by atoms with Gasteiger partial charge in [0.15, 0.2) is 0 Å². The van der Waals surface area contributed by atoms with Crippen LogP contribution in [0.15, 0.2) is 48.5 Å². The molecule has 0 heterocycles. The Bertz CT molecular complexity index is 793. The summed E-state index contributed by atoms with van der Waals surface area (Å²) in [6, 6.07) is 17.0. The molecule has 2 aromatic carbocycles. The summed E-state index contributed by atoms with van der Waals surface area (Å²) in [7, 11) is 0. The summed E-state index contributed by atoms with van der Waals surface area (Å²) >= 11 is 0. The number of nitrogens with zero attached hydrogens (tertiary/aromatic N) is 1. The van der Waals surface area contributed by atoms with Gasteiger partial charge in [0, 0.05) is 18.0 Å². The minimum Gasteiger partial charge on any atom is -0.481 e. The van der Waals surface area contributed by atoms with Crippen molar-refractivity contribution in [3.63, 3.8) is 0 Å². The summed E-state index contributed by atoms with van der Waals surface area (Å²) in [5.41, 5.74) is 3.88. The van der Waals surface area contributed by atoms with Crippen LogP contribution in [0.25, 0.3) is 0 Å². The molecule has 2 atom stereocenters. The Morgan fingerprint density at radius 2 is 1.60 bits per heavy atom. The zero-order valence-electron chi connectivity index (χ0n) is 19.0. The van der Waals surface area contributed by atoms with E-state index in [1.165, 1.54) is 5.56 Å². The minimum atomic E-state index is -0.798. The highest BCUT2D eigenvalue weighted by molar-refractivity contribution is 5.77. The molecule has 30 heavy (non-hydrogen) atoms. The van der Waals surface area contributed by atoms with E-state index in [9.17, 15) is 15.0 Å². The number of hydrogen-bond acceptors (Lipinski definition) is 3. The maximum atomic E-state index is 12.0. The van der Waals surface area contributed by atoms with Crippen molar-refractivity contribution in [3.05, 3.63) is 70.8 Å². The number of carbonyl (C=O) groups is 1. The molecule has 0 saturated heterocycles. The molecule has 2 rings (SSSR count). The smallest absolute Gasteiger partial charge is 0.310 e. The summed E-state index contributed by atoms with van der Waals surface area (Å²) in [5, 5.41) is 19.6. The number of aliphatic hydroxyl groups is 1. The third-order valence-electron chi connectivity index (χ3n) is 6.00. The van der Waals surface area contributed by atoms with Crippen molar-refractivity contribution >= 4 is 5.97 Å². The molecule has 4 heteroatoms. The average Bonchev–Trinajstić information content (AvgIpc) is 2.72. The van der Waals surface area contributed by atoms with Crippen LogP contribution in [0.1, 0.15) is 81.5 Å². The van der Waals surface area contributed by atoms with E-state index in [4.69, 9.17) is 0 Å². The lowest BCUT2D eigenvalue weighted by Gasteiger charge is -2.33. The third-order valence-corrected chi connectivity index (χ3v) is 6.00. The molecule has 0 amide bonds. The van der Waals surface area contributed by atoms with E-state index in [2.05, 4.69) is 44.7 Å². The summed E-state index contributed by atoms with van der Waals surface area (Å²) in [6.45, 7) is 11.6. The average molecular weight is 412 g/mol. The lowest BCUT2D eigenvalue weighted by molar-refractivity contribution is -0.138. The van der Waals surface area contributed by atoms with Crippen molar-refractivity contribution in [2.75, 3.05) is 6.54 Å². The fraction of sp³-hybridized carbons (Fsp3) is 0.500. The molecule has 0 aromatic heterocycles. The second kappa shape index (κ2) is 11.3. The maximum Gasteiger partial charge on any atom is 0.310 e. The second-order valence-corrected chi connectivity index (χ2v) is 8.60. The Balaban J connectivity index is 2.56. The van der Waals surface area contributed by atoms with Crippen LogP contribution in [0.4, 0.5) is 0 Å². The molecular weight excluding hydrogens is 374 g/mol. The predicted molar refractivity (Wildman–Crippen MR) is 123 cm³/mol. The summed E-state index contributed by atoms with van der Waals surface area (Å²) in [4.78, 5) is 14.5. The number of aliphatic hydroxyl groups excluding tert-OH is 1. The first-order valence-corrected chi connectivity index (χ1v) is 11.1. The molecule has 0 saturated carbocycles. The van der Waals surface area contributed by atoms with Gasteiger partial charge in [-0.2, -0.15) is 0 Å². The Kier molecular flexibility index (Phi) is 9.07. The van der Waals surface area contributed by atoms with Gasteiger partial charge in [0.2, 0.25) is 0 Å². The van der Waals surface area contributed by atoms with E-state index >= 15 is 0 Å². The van der Waals surface area contributed by atoms with Crippen LogP contribution in [0.5, 0.6) is 0 Å². The van der Waals surface area contributed by atoms with Gasteiger partial charge in [-0.15, -0.1) is 0 Å². The first kappa shape index (κ1) is 24.1. The molecule has 0 radical (unpaired) electrons. The molecule has 0 aliphatic rings. The molecule has 0 aliphatic heterocycles. The zero-order chi connectivity index (χ0) is 22.3. The van der Waals surface area contributed by atoms with Crippen molar-refractivity contribution in [1.29, 1.82) is 0 Å². The summed E-state index contributed by atoms with van der Waals surface area (Å²) in [5.74, 6) is -1.28. The normalized spacial score (nSPS) is 13.8. The van der Waals surface area contributed by atoms with Crippen LogP contribution in [0.2, 0.25) is 0 Å². The second-order valence-electron chi connectivity index (χ2n) is 8.60. The number of carboxylic acids is 1. The van der Waals surface area contributed by atoms with Crippen molar-refractivity contribution < 1.29 is 15.0 Å². The van der Waals surface area contributed by atoms with Crippen LogP contribution in [0.3, 0.4) is 0 Å². The largest absolute Gasteiger partial charge is 0.481 e. The van der Waals surface area contributed by atoms with Crippen molar-refractivity contribution in [2.45, 2.75) is 78.0 Å². The number of rotatable bonds is 11. The molecule has 0 aliphatic carbocycles. The van der Waals surface area contributed by atoms with Gasteiger partial charge in [-0.3, -0.25) is 9.69 Å². The SMILES string of the molecule is CCC(C(=O)O)c1ccc(CO)cc1C(CCN(C(C)C)C(C)C)c1ccccc1. The van der Waals surface area contributed by atoms with Gasteiger partial charge in [0.05, 0.1) is 12.5 Å². The van der Waals surface area contributed by atoms with Gasteiger partial charge < -0.3 is 10.2 Å². The van der Waals surface area contributed by atoms with Gasteiger partial charge in [0.25, 0.3) is 0 Å². The third kappa shape index (κ3) is 5.93. The molecule has 0 fully saturated rings. The molecular formula is C26H37NO3. The van der Waals surface area contributed by atoms with Gasteiger partial charge >= 0.3 is 5.97 Å². The maximum absolute atomic E-state index is 12.0. The van der Waals surface area contributed by atoms with Crippen molar-refractivity contribution in [2.24, 2.45) is 0 Å². The van der Waals surface area contributed by atoms with Crippen LogP contribution in [-0.4, -0.2) is 39.7 Å². The van der Waals surface area contributed by atoms with Crippen LogP contribution in [0, 0.1) is 0 Å². The molecule has 4 nitrogen and oxygen atoms in total. The van der Waals surface area contributed by atoms with Crippen molar-refractivity contribution in [1.82, 2.24) is 4.90 Å². The van der Waals surface area contributed by atoms with E-state index in [0.29, 0.717) is 18.5 Å². The molecule has 2 unspecified atom stereocenters. The van der Waals surface area contributed by atoms with E-state index < -0.39 is 11.9 Å². The fourth-order valence-electron chi connectivity index (χ4n) is 4.45. The topological polar surface area (TPSA) is 60.8 Å². The molecule has 2 aromatic rings. The molecule has 164 valence electrons. The zero-order valence-corrected chi connectivity index (χ0v) is 19.0.